The van der Waals surface area contributed by atoms with Crippen molar-refractivity contribution in [1.29, 1.82) is 0 Å². The first-order chi connectivity index (χ1) is 14.1. The zero-order valence-corrected chi connectivity index (χ0v) is 17.7. The van der Waals surface area contributed by atoms with E-state index >= 15 is 0 Å². The van der Waals surface area contributed by atoms with E-state index in [1.54, 1.807) is 10.6 Å². The van der Waals surface area contributed by atoms with E-state index in [0.717, 1.165) is 44.2 Å². The van der Waals surface area contributed by atoms with Gasteiger partial charge in [-0.15, -0.1) is 0 Å². The standard InChI is InChI=1S/C24H28F3N3/c1-23(2,3)19-6-4-17(5-7-19)15-29-12-10-18(11-13-29)21-14-28-22-9-8-20(16-30(21)22)24(25,26)27/h4-9,14,16,18H,10-13,15H2,1-3H3. The van der Waals surface area contributed by atoms with E-state index < -0.39 is 11.7 Å². The molecule has 1 saturated heterocycles. The second kappa shape index (κ2) is 7.73. The number of imidazole rings is 1. The minimum absolute atomic E-state index is 0.150. The number of hydrogen-bond acceptors (Lipinski definition) is 2. The second-order valence-electron chi connectivity index (χ2n) is 9.32. The number of fused-ring (bicyclic) bond motifs is 1. The van der Waals surface area contributed by atoms with Gasteiger partial charge in [-0.2, -0.15) is 13.2 Å². The molecule has 3 aromatic rings. The Bertz CT molecular complexity index is 1000. The van der Waals surface area contributed by atoms with Crippen molar-refractivity contribution in [1.82, 2.24) is 14.3 Å². The summed E-state index contributed by atoms with van der Waals surface area (Å²) in [6.45, 7) is 9.40. The molecule has 0 spiro atoms. The molecule has 1 fully saturated rings. The van der Waals surface area contributed by atoms with E-state index in [-0.39, 0.29) is 11.3 Å². The van der Waals surface area contributed by atoms with Gasteiger partial charge in [-0.05, 0) is 54.6 Å². The highest BCUT2D eigenvalue weighted by Gasteiger charge is 2.31. The largest absolute Gasteiger partial charge is 0.417 e. The molecule has 0 radical (unpaired) electrons. The predicted molar refractivity (Wildman–Crippen MR) is 113 cm³/mol. The van der Waals surface area contributed by atoms with Gasteiger partial charge in [0.2, 0.25) is 0 Å². The molecule has 2 aromatic heterocycles. The van der Waals surface area contributed by atoms with Gasteiger partial charge >= 0.3 is 6.18 Å². The molecule has 0 saturated carbocycles. The van der Waals surface area contributed by atoms with Crippen LogP contribution in [-0.2, 0) is 18.1 Å². The quantitative estimate of drug-likeness (QED) is 0.521. The van der Waals surface area contributed by atoms with Gasteiger partial charge in [0.05, 0.1) is 5.56 Å². The molecule has 6 heteroatoms. The number of piperidine rings is 1. The van der Waals surface area contributed by atoms with E-state index in [1.165, 1.54) is 23.4 Å². The summed E-state index contributed by atoms with van der Waals surface area (Å²) in [6.07, 6.45) is 0.414. The number of aromatic nitrogens is 2. The Morgan fingerprint density at radius 2 is 1.57 bits per heavy atom. The molecule has 160 valence electrons. The zero-order valence-electron chi connectivity index (χ0n) is 17.7. The van der Waals surface area contributed by atoms with Crippen LogP contribution < -0.4 is 0 Å². The lowest BCUT2D eigenvalue weighted by Gasteiger charge is -2.32. The summed E-state index contributed by atoms with van der Waals surface area (Å²) in [4.78, 5) is 6.74. The Labute approximate surface area is 175 Å². The summed E-state index contributed by atoms with van der Waals surface area (Å²) in [7, 11) is 0. The van der Waals surface area contributed by atoms with Crippen molar-refractivity contribution in [3.05, 3.63) is 71.2 Å². The van der Waals surface area contributed by atoms with Gasteiger partial charge in [0, 0.05) is 30.6 Å². The summed E-state index contributed by atoms with van der Waals surface area (Å²) in [5.41, 5.74) is 3.59. The maximum atomic E-state index is 13.1. The lowest BCUT2D eigenvalue weighted by Crippen LogP contribution is -2.32. The Hall–Kier alpha value is -2.34. The predicted octanol–water partition coefficient (Wildman–Crippen LogP) is 6.03. The van der Waals surface area contributed by atoms with Gasteiger partial charge in [0.15, 0.2) is 0 Å². The van der Waals surface area contributed by atoms with E-state index in [0.29, 0.717) is 5.65 Å². The fourth-order valence-corrected chi connectivity index (χ4v) is 4.22. The summed E-state index contributed by atoms with van der Waals surface area (Å²) >= 11 is 0. The van der Waals surface area contributed by atoms with Crippen LogP contribution in [0, 0.1) is 0 Å². The number of likely N-dealkylation sites (tertiary alicyclic amines) is 1. The van der Waals surface area contributed by atoms with Crippen molar-refractivity contribution in [2.24, 2.45) is 0 Å². The second-order valence-corrected chi connectivity index (χ2v) is 9.32. The third-order valence-corrected chi connectivity index (χ3v) is 6.09. The van der Waals surface area contributed by atoms with Crippen LogP contribution in [0.5, 0.6) is 0 Å². The van der Waals surface area contributed by atoms with Gasteiger partial charge in [-0.1, -0.05) is 45.0 Å². The Kier molecular flexibility index (Phi) is 5.39. The van der Waals surface area contributed by atoms with E-state index in [2.05, 4.69) is 54.9 Å². The highest BCUT2D eigenvalue weighted by atomic mass is 19.4. The molecule has 0 amide bonds. The van der Waals surface area contributed by atoms with Gasteiger partial charge in [-0.25, -0.2) is 4.98 Å². The normalized spacial score (nSPS) is 17.0. The van der Waals surface area contributed by atoms with Crippen molar-refractivity contribution in [3.63, 3.8) is 0 Å². The molecule has 4 rings (SSSR count). The monoisotopic (exact) mass is 415 g/mol. The van der Waals surface area contributed by atoms with E-state index in [4.69, 9.17) is 0 Å². The fourth-order valence-electron chi connectivity index (χ4n) is 4.22. The topological polar surface area (TPSA) is 20.5 Å². The number of hydrogen-bond donors (Lipinski definition) is 0. The van der Waals surface area contributed by atoms with Crippen molar-refractivity contribution < 1.29 is 13.2 Å². The van der Waals surface area contributed by atoms with Gasteiger partial charge < -0.3 is 4.40 Å². The molecule has 0 N–H and O–H groups in total. The number of benzene rings is 1. The number of alkyl halides is 3. The van der Waals surface area contributed by atoms with Crippen molar-refractivity contribution >= 4 is 5.65 Å². The maximum Gasteiger partial charge on any atom is 0.417 e. The molecule has 30 heavy (non-hydrogen) atoms. The van der Waals surface area contributed by atoms with Crippen molar-refractivity contribution in [2.75, 3.05) is 13.1 Å². The highest BCUT2D eigenvalue weighted by Crippen LogP contribution is 2.33. The smallest absolute Gasteiger partial charge is 0.303 e. The fraction of sp³-hybridized carbons (Fsp3) is 0.458. The van der Waals surface area contributed by atoms with Gasteiger partial charge in [-0.3, -0.25) is 4.90 Å². The van der Waals surface area contributed by atoms with Crippen LogP contribution in [0.1, 0.15) is 61.9 Å². The van der Waals surface area contributed by atoms with Crippen LogP contribution in [0.2, 0.25) is 0 Å². The summed E-state index contributed by atoms with van der Waals surface area (Å²) in [5, 5.41) is 0. The lowest BCUT2D eigenvalue weighted by molar-refractivity contribution is -0.137. The lowest BCUT2D eigenvalue weighted by atomic mass is 9.86. The van der Waals surface area contributed by atoms with E-state index in [9.17, 15) is 13.2 Å². The third-order valence-electron chi connectivity index (χ3n) is 6.09. The first-order valence-electron chi connectivity index (χ1n) is 10.5. The minimum atomic E-state index is -4.35. The highest BCUT2D eigenvalue weighted by molar-refractivity contribution is 5.43. The summed E-state index contributed by atoms with van der Waals surface area (Å²) in [6, 6.07) is 11.4. The van der Waals surface area contributed by atoms with Crippen LogP contribution >= 0.6 is 0 Å². The molecule has 3 nitrogen and oxygen atoms in total. The van der Waals surface area contributed by atoms with Crippen LogP contribution in [0.3, 0.4) is 0 Å². The first kappa shape index (κ1) is 20.9. The molecular weight excluding hydrogens is 387 g/mol. The van der Waals surface area contributed by atoms with E-state index in [1.807, 2.05) is 0 Å². The maximum absolute atomic E-state index is 13.1. The molecule has 3 heterocycles. The summed E-state index contributed by atoms with van der Waals surface area (Å²) < 4.78 is 40.9. The van der Waals surface area contributed by atoms with Crippen molar-refractivity contribution in [3.8, 4) is 0 Å². The zero-order chi connectivity index (χ0) is 21.5. The average Bonchev–Trinajstić information content (AvgIpc) is 3.11. The van der Waals surface area contributed by atoms with Crippen LogP contribution in [0.4, 0.5) is 13.2 Å². The number of halogens is 3. The number of pyridine rings is 1. The number of rotatable bonds is 3. The summed E-state index contributed by atoms with van der Waals surface area (Å²) in [5.74, 6) is 0.225. The van der Waals surface area contributed by atoms with Gasteiger partial charge in [0.25, 0.3) is 0 Å². The first-order valence-corrected chi connectivity index (χ1v) is 10.5. The SMILES string of the molecule is CC(C)(C)c1ccc(CN2CCC(c3cnc4ccc(C(F)(F)F)cn34)CC2)cc1. The molecule has 1 aromatic carbocycles. The molecule has 0 atom stereocenters. The molecular formula is C24H28F3N3. The molecule has 0 bridgehead atoms. The Morgan fingerprint density at radius 1 is 0.933 bits per heavy atom. The molecule has 1 aliphatic rings. The van der Waals surface area contributed by atoms with Crippen molar-refractivity contribution in [2.45, 2.75) is 57.7 Å². The molecule has 1 aliphatic heterocycles. The average molecular weight is 416 g/mol. The van der Waals surface area contributed by atoms with Crippen LogP contribution in [-0.4, -0.2) is 27.4 Å². The molecule has 0 aliphatic carbocycles. The number of nitrogens with zero attached hydrogens (tertiary/aromatic N) is 3. The third kappa shape index (κ3) is 4.38. The minimum Gasteiger partial charge on any atom is -0.303 e. The van der Waals surface area contributed by atoms with Gasteiger partial charge in [0.1, 0.15) is 5.65 Å². The van der Waals surface area contributed by atoms with Crippen LogP contribution in [0.25, 0.3) is 5.65 Å². The Morgan fingerprint density at radius 3 is 2.17 bits per heavy atom. The van der Waals surface area contributed by atoms with Crippen LogP contribution in [0.15, 0.2) is 48.8 Å². The molecule has 0 unspecified atom stereocenters. The Balaban J connectivity index is 1.42.